The number of nitrogens with zero attached hydrogens (tertiary/aromatic N) is 1. The summed E-state index contributed by atoms with van der Waals surface area (Å²) in [5, 5.41) is 1.74. The van der Waals surface area contributed by atoms with Crippen LogP contribution in [0.2, 0.25) is 0 Å². The molecule has 56 valence electrons. The second-order valence-corrected chi connectivity index (χ2v) is 3.02. The molecule has 0 unspecified atom stereocenters. The van der Waals surface area contributed by atoms with E-state index in [1.165, 1.54) is 0 Å². The second-order valence-electron chi connectivity index (χ2n) is 3.02. The molecule has 0 aliphatic rings. The van der Waals surface area contributed by atoms with Gasteiger partial charge >= 0.3 is 0 Å². The summed E-state index contributed by atoms with van der Waals surface area (Å²) in [5.74, 6) is 0. The van der Waals surface area contributed by atoms with Crippen molar-refractivity contribution in [2.45, 2.75) is 32.8 Å². The lowest BCUT2D eigenvalue weighted by molar-refractivity contribution is -0.207. The minimum Gasteiger partial charge on any atom is -0.294 e. The van der Waals surface area contributed by atoms with Gasteiger partial charge in [-0.3, -0.25) is 4.84 Å². The van der Waals surface area contributed by atoms with Gasteiger partial charge in [0.15, 0.2) is 0 Å². The van der Waals surface area contributed by atoms with Crippen LogP contribution in [0.15, 0.2) is 0 Å². The molecule has 0 spiro atoms. The predicted molar refractivity (Wildman–Crippen MR) is 39.1 cm³/mol. The maximum absolute atomic E-state index is 5.42. The maximum Gasteiger partial charge on any atom is 0.0840 e. The first-order valence-electron chi connectivity index (χ1n) is 3.34. The van der Waals surface area contributed by atoms with E-state index in [0.717, 1.165) is 6.42 Å². The largest absolute Gasteiger partial charge is 0.294 e. The highest BCUT2D eigenvalue weighted by Gasteiger charge is 2.16. The van der Waals surface area contributed by atoms with Crippen LogP contribution in [0.3, 0.4) is 0 Å². The van der Waals surface area contributed by atoms with Crippen molar-refractivity contribution in [2.75, 3.05) is 14.1 Å². The van der Waals surface area contributed by atoms with Crippen LogP contribution in [-0.2, 0) is 4.84 Å². The molecule has 0 aliphatic heterocycles. The zero-order valence-corrected chi connectivity index (χ0v) is 7.06. The van der Waals surface area contributed by atoms with Gasteiger partial charge in [0.2, 0.25) is 0 Å². The fraction of sp³-hybridized carbons (Fsp3) is 1.00. The van der Waals surface area contributed by atoms with Gasteiger partial charge in [-0.25, -0.2) is 0 Å². The van der Waals surface area contributed by atoms with Crippen molar-refractivity contribution in [3.63, 3.8) is 0 Å². The maximum atomic E-state index is 5.42. The van der Waals surface area contributed by atoms with E-state index in [4.69, 9.17) is 4.84 Å². The van der Waals surface area contributed by atoms with Crippen molar-refractivity contribution in [1.29, 1.82) is 0 Å². The van der Waals surface area contributed by atoms with Crippen LogP contribution in [0.4, 0.5) is 0 Å². The molecular weight excluding hydrogens is 114 g/mol. The van der Waals surface area contributed by atoms with Gasteiger partial charge in [0.05, 0.1) is 5.60 Å². The van der Waals surface area contributed by atoms with Crippen LogP contribution in [-0.4, -0.2) is 24.8 Å². The molecule has 0 aromatic carbocycles. The number of hydrogen-bond acceptors (Lipinski definition) is 2. The van der Waals surface area contributed by atoms with Crippen molar-refractivity contribution in [1.82, 2.24) is 5.06 Å². The minimum atomic E-state index is -0.0104. The number of hydrogen-bond donors (Lipinski definition) is 0. The molecule has 0 rings (SSSR count). The molecule has 9 heavy (non-hydrogen) atoms. The fourth-order valence-corrected chi connectivity index (χ4v) is 0.559. The molecule has 0 bridgehead atoms. The van der Waals surface area contributed by atoms with Gasteiger partial charge < -0.3 is 0 Å². The Hall–Kier alpha value is -0.0800. The molecule has 0 saturated carbocycles. The Kier molecular flexibility index (Phi) is 3.15. The van der Waals surface area contributed by atoms with Crippen LogP contribution in [0.5, 0.6) is 0 Å². The topological polar surface area (TPSA) is 12.5 Å². The summed E-state index contributed by atoms with van der Waals surface area (Å²) in [4.78, 5) is 5.42. The summed E-state index contributed by atoms with van der Waals surface area (Å²) in [6, 6.07) is 0. The summed E-state index contributed by atoms with van der Waals surface area (Å²) in [5.41, 5.74) is -0.0104. The smallest absolute Gasteiger partial charge is 0.0840 e. The van der Waals surface area contributed by atoms with E-state index in [2.05, 4.69) is 20.8 Å². The Bertz CT molecular complexity index is 79.0. The highest BCUT2D eigenvalue weighted by molar-refractivity contribution is 4.62. The average Bonchev–Trinajstić information content (AvgIpc) is 1.63. The van der Waals surface area contributed by atoms with Crippen molar-refractivity contribution in [3.8, 4) is 0 Å². The van der Waals surface area contributed by atoms with Gasteiger partial charge in [0, 0.05) is 14.1 Å². The van der Waals surface area contributed by atoms with Crippen molar-refractivity contribution >= 4 is 0 Å². The molecule has 0 atom stereocenters. The van der Waals surface area contributed by atoms with Gasteiger partial charge in [0.1, 0.15) is 0 Å². The monoisotopic (exact) mass is 131 g/mol. The lowest BCUT2D eigenvalue weighted by atomic mass is 10.1. The first kappa shape index (κ1) is 8.92. The summed E-state index contributed by atoms with van der Waals surface area (Å²) >= 11 is 0. The van der Waals surface area contributed by atoms with Gasteiger partial charge in [-0.1, -0.05) is 6.92 Å². The molecule has 0 aromatic rings. The molecule has 0 fully saturated rings. The van der Waals surface area contributed by atoms with Crippen LogP contribution < -0.4 is 0 Å². The van der Waals surface area contributed by atoms with Crippen LogP contribution >= 0.6 is 0 Å². The highest BCUT2D eigenvalue weighted by atomic mass is 16.7. The van der Waals surface area contributed by atoms with E-state index in [9.17, 15) is 0 Å². The van der Waals surface area contributed by atoms with Crippen molar-refractivity contribution in [3.05, 3.63) is 0 Å². The molecule has 0 radical (unpaired) electrons. The Balaban J connectivity index is 3.58. The van der Waals surface area contributed by atoms with Crippen LogP contribution in [0.1, 0.15) is 27.2 Å². The lowest BCUT2D eigenvalue weighted by Crippen LogP contribution is -2.30. The van der Waals surface area contributed by atoms with Crippen molar-refractivity contribution in [2.24, 2.45) is 0 Å². The summed E-state index contributed by atoms with van der Waals surface area (Å²) < 4.78 is 0. The zero-order chi connectivity index (χ0) is 7.49. The summed E-state index contributed by atoms with van der Waals surface area (Å²) in [6.07, 6.45) is 1.03. The molecule has 2 heteroatoms. The molecule has 0 aliphatic carbocycles. The Morgan fingerprint density at radius 2 is 1.78 bits per heavy atom. The SMILES string of the molecule is CCC(C)(C)ON(C)C. The number of hydroxylamine groups is 2. The van der Waals surface area contributed by atoms with Crippen LogP contribution in [0, 0.1) is 0 Å². The summed E-state index contributed by atoms with van der Waals surface area (Å²) in [7, 11) is 3.80. The molecule has 2 nitrogen and oxygen atoms in total. The highest BCUT2D eigenvalue weighted by Crippen LogP contribution is 2.13. The Labute approximate surface area is 57.8 Å². The average molecular weight is 131 g/mol. The molecular formula is C7H17NO. The first-order valence-corrected chi connectivity index (χ1v) is 3.34. The van der Waals surface area contributed by atoms with E-state index < -0.39 is 0 Å². The van der Waals surface area contributed by atoms with E-state index in [-0.39, 0.29) is 5.60 Å². The molecule has 0 amide bonds. The fourth-order valence-electron chi connectivity index (χ4n) is 0.559. The zero-order valence-electron chi connectivity index (χ0n) is 7.06. The third kappa shape index (κ3) is 4.43. The van der Waals surface area contributed by atoms with Crippen molar-refractivity contribution < 1.29 is 4.84 Å². The summed E-state index contributed by atoms with van der Waals surface area (Å²) in [6.45, 7) is 6.27. The molecule has 0 heterocycles. The van der Waals surface area contributed by atoms with Gasteiger partial charge in [-0.15, -0.1) is 0 Å². The third-order valence-corrected chi connectivity index (χ3v) is 1.28. The predicted octanol–water partition coefficient (Wildman–Crippen LogP) is 1.67. The molecule has 0 saturated heterocycles. The van der Waals surface area contributed by atoms with E-state index in [1.54, 1.807) is 5.06 Å². The van der Waals surface area contributed by atoms with E-state index >= 15 is 0 Å². The first-order chi connectivity index (χ1) is 3.98. The Morgan fingerprint density at radius 3 is 1.89 bits per heavy atom. The van der Waals surface area contributed by atoms with Gasteiger partial charge in [-0.2, -0.15) is 5.06 Å². The Morgan fingerprint density at radius 1 is 1.33 bits per heavy atom. The standard InChI is InChI=1S/C7H17NO/c1-6-7(2,3)9-8(4)5/h6H2,1-5H3. The quantitative estimate of drug-likeness (QED) is 0.540. The van der Waals surface area contributed by atoms with E-state index in [1.807, 2.05) is 14.1 Å². The van der Waals surface area contributed by atoms with Gasteiger partial charge in [0.25, 0.3) is 0 Å². The minimum absolute atomic E-state index is 0.0104. The lowest BCUT2D eigenvalue weighted by Gasteiger charge is -2.26. The second kappa shape index (κ2) is 3.18. The third-order valence-electron chi connectivity index (χ3n) is 1.28. The molecule has 0 aromatic heterocycles. The van der Waals surface area contributed by atoms with Crippen LogP contribution in [0.25, 0.3) is 0 Å². The van der Waals surface area contributed by atoms with E-state index in [0.29, 0.717) is 0 Å². The van der Waals surface area contributed by atoms with Gasteiger partial charge in [-0.05, 0) is 20.3 Å². The number of rotatable bonds is 3. The normalized spacial score (nSPS) is 12.7. The molecule has 0 N–H and O–H groups in total.